The Kier molecular flexibility index (Phi) is 3.47. The molecule has 18 heavy (non-hydrogen) atoms. The SMILES string of the molecule is Cc1nc(O)c(Br)c(=O)n1Cc1cccc(F)c1. The number of aromatic nitrogens is 2. The molecule has 0 aliphatic carbocycles. The standard InChI is InChI=1S/C12H10BrFN2O2/c1-7-15-11(17)10(13)12(18)16(7)6-8-3-2-4-9(14)5-8/h2-5,17H,6H2,1H3. The summed E-state index contributed by atoms with van der Waals surface area (Å²) in [7, 11) is 0. The lowest BCUT2D eigenvalue weighted by Crippen LogP contribution is -2.24. The number of nitrogens with zero attached hydrogens (tertiary/aromatic N) is 2. The van der Waals surface area contributed by atoms with Crippen LogP contribution in [0.2, 0.25) is 0 Å². The molecule has 0 spiro atoms. The summed E-state index contributed by atoms with van der Waals surface area (Å²) in [6.45, 7) is 1.81. The van der Waals surface area contributed by atoms with Gasteiger partial charge in [0.1, 0.15) is 16.1 Å². The highest BCUT2D eigenvalue weighted by atomic mass is 79.9. The van der Waals surface area contributed by atoms with Crippen molar-refractivity contribution in [3.8, 4) is 5.88 Å². The molecule has 0 unspecified atom stereocenters. The minimum absolute atomic E-state index is 0.00417. The van der Waals surface area contributed by atoms with E-state index in [0.717, 1.165) is 0 Å². The van der Waals surface area contributed by atoms with Crippen LogP contribution < -0.4 is 5.56 Å². The molecule has 0 atom stereocenters. The van der Waals surface area contributed by atoms with Crippen LogP contribution in [0.15, 0.2) is 33.5 Å². The van der Waals surface area contributed by atoms with E-state index in [0.29, 0.717) is 11.4 Å². The fourth-order valence-electron chi connectivity index (χ4n) is 1.63. The molecular formula is C12H10BrFN2O2. The number of hydrogen-bond acceptors (Lipinski definition) is 3. The summed E-state index contributed by atoms with van der Waals surface area (Å²) in [6.07, 6.45) is 0. The summed E-state index contributed by atoms with van der Waals surface area (Å²) in [5.74, 6) is -0.332. The van der Waals surface area contributed by atoms with Gasteiger partial charge in [0.05, 0.1) is 6.54 Å². The first kappa shape index (κ1) is 12.8. The molecule has 94 valence electrons. The Balaban J connectivity index is 2.47. The van der Waals surface area contributed by atoms with Crippen LogP contribution in [0.1, 0.15) is 11.4 Å². The van der Waals surface area contributed by atoms with E-state index in [1.54, 1.807) is 19.1 Å². The Morgan fingerprint density at radius 1 is 1.50 bits per heavy atom. The van der Waals surface area contributed by atoms with Gasteiger partial charge in [-0.2, -0.15) is 4.98 Å². The molecule has 0 aliphatic heterocycles. The summed E-state index contributed by atoms with van der Waals surface area (Å²) in [5.41, 5.74) is 0.254. The predicted molar refractivity (Wildman–Crippen MR) is 68.1 cm³/mol. The van der Waals surface area contributed by atoms with Gasteiger partial charge < -0.3 is 5.11 Å². The molecule has 4 nitrogen and oxygen atoms in total. The normalized spacial score (nSPS) is 10.6. The fourth-order valence-corrected chi connectivity index (χ4v) is 1.93. The lowest BCUT2D eigenvalue weighted by molar-refractivity contribution is 0.439. The van der Waals surface area contributed by atoms with Crippen LogP contribution in [0, 0.1) is 12.7 Å². The first-order valence-electron chi connectivity index (χ1n) is 5.19. The van der Waals surface area contributed by atoms with Gasteiger partial charge >= 0.3 is 0 Å². The van der Waals surface area contributed by atoms with Crippen molar-refractivity contribution >= 4 is 15.9 Å². The van der Waals surface area contributed by atoms with Crippen LogP contribution >= 0.6 is 15.9 Å². The largest absolute Gasteiger partial charge is 0.492 e. The van der Waals surface area contributed by atoms with E-state index >= 15 is 0 Å². The zero-order valence-electron chi connectivity index (χ0n) is 9.52. The molecule has 0 bridgehead atoms. The van der Waals surface area contributed by atoms with E-state index in [-0.39, 0.29) is 22.7 Å². The summed E-state index contributed by atoms with van der Waals surface area (Å²) < 4.78 is 14.4. The maximum atomic E-state index is 13.1. The Morgan fingerprint density at radius 2 is 2.22 bits per heavy atom. The molecule has 1 N–H and O–H groups in total. The van der Waals surface area contributed by atoms with E-state index in [9.17, 15) is 14.3 Å². The Morgan fingerprint density at radius 3 is 2.89 bits per heavy atom. The fraction of sp³-hybridized carbons (Fsp3) is 0.167. The first-order valence-corrected chi connectivity index (χ1v) is 5.98. The summed E-state index contributed by atoms with van der Waals surface area (Å²) in [4.78, 5) is 15.8. The van der Waals surface area contributed by atoms with Gasteiger partial charge in [0.25, 0.3) is 5.56 Å². The van der Waals surface area contributed by atoms with Crippen LogP contribution in [0.3, 0.4) is 0 Å². The smallest absolute Gasteiger partial charge is 0.272 e. The summed E-state index contributed by atoms with van der Waals surface area (Å²) in [5, 5.41) is 9.38. The first-order chi connectivity index (χ1) is 8.49. The molecule has 1 aromatic heterocycles. The number of aromatic hydroxyl groups is 1. The Bertz CT molecular complexity index is 655. The molecule has 0 saturated heterocycles. The van der Waals surface area contributed by atoms with Crippen molar-refractivity contribution in [3.05, 3.63) is 56.3 Å². The molecule has 0 fully saturated rings. The van der Waals surface area contributed by atoms with Crippen molar-refractivity contribution < 1.29 is 9.50 Å². The average Bonchev–Trinajstić information content (AvgIpc) is 2.32. The van der Waals surface area contributed by atoms with Crippen molar-refractivity contribution in [1.29, 1.82) is 0 Å². The summed E-state index contributed by atoms with van der Waals surface area (Å²) >= 11 is 2.97. The van der Waals surface area contributed by atoms with E-state index in [1.165, 1.54) is 16.7 Å². The third-order valence-electron chi connectivity index (χ3n) is 2.52. The number of benzene rings is 1. The molecule has 2 aromatic rings. The van der Waals surface area contributed by atoms with E-state index in [1.807, 2.05) is 0 Å². The van der Waals surface area contributed by atoms with Crippen LogP contribution in [0.4, 0.5) is 4.39 Å². The average molecular weight is 313 g/mol. The van der Waals surface area contributed by atoms with Crippen molar-refractivity contribution in [2.45, 2.75) is 13.5 Å². The molecule has 1 heterocycles. The second-order valence-electron chi connectivity index (χ2n) is 3.82. The van der Waals surface area contributed by atoms with Gasteiger partial charge in [0.15, 0.2) is 0 Å². The van der Waals surface area contributed by atoms with Crippen molar-refractivity contribution in [2.75, 3.05) is 0 Å². The Labute approximate surface area is 111 Å². The minimum Gasteiger partial charge on any atom is -0.492 e. The van der Waals surface area contributed by atoms with Gasteiger partial charge in [-0.15, -0.1) is 0 Å². The van der Waals surface area contributed by atoms with Crippen molar-refractivity contribution in [2.24, 2.45) is 0 Å². The zero-order valence-corrected chi connectivity index (χ0v) is 11.1. The second kappa shape index (κ2) is 4.89. The molecule has 2 rings (SSSR count). The molecular weight excluding hydrogens is 303 g/mol. The third kappa shape index (κ3) is 2.43. The van der Waals surface area contributed by atoms with Crippen LogP contribution in [0.25, 0.3) is 0 Å². The number of hydrogen-bond donors (Lipinski definition) is 1. The van der Waals surface area contributed by atoms with Gasteiger partial charge in [0.2, 0.25) is 5.88 Å². The maximum absolute atomic E-state index is 13.1. The van der Waals surface area contributed by atoms with Gasteiger partial charge in [0, 0.05) is 0 Å². The van der Waals surface area contributed by atoms with Gasteiger partial charge in [-0.25, -0.2) is 4.39 Å². The topological polar surface area (TPSA) is 55.1 Å². The van der Waals surface area contributed by atoms with Crippen LogP contribution in [0.5, 0.6) is 5.88 Å². The zero-order chi connectivity index (χ0) is 13.3. The van der Waals surface area contributed by atoms with Gasteiger partial charge in [-0.05, 0) is 40.5 Å². The van der Waals surface area contributed by atoms with Crippen LogP contribution in [-0.4, -0.2) is 14.7 Å². The van der Waals surface area contributed by atoms with Crippen LogP contribution in [-0.2, 0) is 6.54 Å². The highest BCUT2D eigenvalue weighted by Crippen LogP contribution is 2.16. The predicted octanol–water partition coefficient (Wildman–Crippen LogP) is 2.21. The number of halogens is 2. The van der Waals surface area contributed by atoms with Gasteiger partial charge in [-0.3, -0.25) is 9.36 Å². The van der Waals surface area contributed by atoms with E-state index in [2.05, 4.69) is 20.9 Å². The molecule has 0 aliphatic rings. The highest BCUT2D eigenvalue weighted by Gasteiger charge is 2.11. The monoisotopic (exact) mass is 312 g/mol. The molecule has 0 radical (unpaired) electrons. The second-order valence-corrected chi connectivity index (χ2v) is 4.61. The number of aryl methyl sites for hydroxylation is 1. The maximum Gasteiger partial charge on any atom is 0.272 e. The minimum atomic E-state index is -0.399. The molecule has 1 aromatic carbocycles. The molecule has 0 saturated carbocycles. The lowest BCUT2D eigenvalue weighted by Gasteiger charge is -2.10. The van der Waals surface area contributed by atoms with Gasteiger partial charge in [-0.1, -0.05) is 12.1 Å². The highest BCUT2D eigenvalue weighted by molar-refractivity contribution is 9.10. The number of rotatable bonds is 2. The molecule has 0 amide bonds. The van der Waals surface area contributed by atoms with Crippen molar-refractivity contribution in [3.63, 3.8) is 0 Å². The van der Waals surface area contributed by atoms with E-state index in [4.69, 9.17) is 0 Å². The molecule has 6 heteroatoms. The lowest BCUT2D eigenvalue weighted by atomic mass is 10.2. The summed E-state index contributed by atoms with van der Waals surface area (Å²) in [6, 6.07) is 5.99. The Hall–Kier alpha value is -1.69. The van der Waals surface area contributed by atoms with Crippen molar-refractivity contribution in [1.82, 2.24) is 9.55 Å². The van der Waals surface area contributed by atoms with E-state index < -0.39 is 5.56 Å². The third-order valence-corrected chi connectivity index (χ3v) is 3.21. The quantitative estimate of drug-likeness (QED) is 0.925.